The van der Waals surface area contributed by atoms with E-state index in [1.807, 2.05) is 0 Å². The van der Waals surface area contributed by atoms with Gasteiger partial charge in [0.15, 0.2) is 17.7 Å². The van der Waals surface area contributed by atoms with Crippen LogP contribution < -0.4 is 5.73 Å². The van der Waals surface area contributed by atoms with Gasteiger partial charge in [0.25, 0.3) is 0 Å². The van der Waals surface area contributed by atoms with Crippen molar-refractivity contribution >= 4 is 17.0 Å². The third-order valence-electron chi connectivity index (χ3n) is 3.65. The van der Waals surface area contributed by atoms with Crippen molar-refractivity contribution in [2.75, 3.05) is 12.3 Å². The zero-order valence-corrected chi connectivity index (χ0v) is 10.7. The van der Waals surface area contributed by atoms with E-state index in [-0.39, 0.29) is 5.82 Å². The average molecular weight is 281 g/mol. The molecule has 1 fully saturated rings. The molecule has 5 N–H and O–H groups in total. The van der Waals surface area contributed by atoms with E-state index in [4.69, 9.17) is 10.5 Å². The molecule has 0 spiro atoms. The SMILES string of the molecule is C[C@@]1(O)C(CO)OC(n2cnc3c(N)ncnc32)C1O. The smallest absolute Gasteiger partial charge is 0.167 e. The molecular formula is C11H15N5O4. The predicted octanol–water partition coefficient (Wildman–Crippen LogP) is -1.59. The third-order valence-corrected chi connectivity index (χ3v) is 3.65. The molecule has 3 unspecified atom stereocenters. The number of hydrogen-bond acceptors (Lipinski definition) is 8. The van der Waals surface area contributed by atoms with E-state index in [9.17, 15) is 15.3 Å². The Morgan fingerprint density at radius 3 is 2.85 bits per heavy atom. The molecule has 9 nitrogen and oxygen atoms in total. The van der Waals surface area contributed by atoms with Gasteiger partial charge in [-0.1, -0.05) is 0 Å². The maximum absolute atomic E-state index is 10.2. The van der Waals surface area contributed by atoms with Crippen LogP contribution in [-0.2, 0) is 4.74 Å². The van der Waals surface area contributed by atoms with Gasteiger partial charge in [-0.05, 0) is 6.92 Å². The molecule has 1 saturated heterocycles. The number of nitrogens with two attached hydrogens (primary N) is 1. The minimum Gasteiger partial charge on any atom is -0.394 e. The van der Waals surface area contributed by atoms with Crippen molar-refractivity contribution in [3.8, 4) is 0 Å². The van der Waals surface area contributed by atoms with Crippen LogP contribution in [0.4, 0.5) is 5.82 Å². The Morgan fingerprint density at radius 1 is 1.45 bits per heavy atom. The Bertz CT molecular complexity index is 643. The lowest BCUT2D eigenvalue weighted by Gasteiger charge is -2.25. The Balaban J connectivity index is 2.06. The predicted molar refractivity (Wildman–Crippen MR) is 67.4 cm³/mol. The first-order valence-corrected chi connectivity index (χ1v) is 6.06. The van der Waals surface area contributed by atoms with Gasteiger partial charge in [0.2, 0.25) is 0 Å². The first-order valence-electron chi connectivity index (χ1n) is 6.06. The van der Waals surface area contributed by atoms with Crippen LogP contribution >= 0.6 is 0 Å². The van der Waals surface area contributed by atoms with Gasteiger partial charge < -0.3 is 25.8 Å². The number of nitrogen functional groups attached to an aromatic ring is 1. The minimum absolute atomic E-state index is 0.215. The second-order valence-corrected chi connectivity index (χ2v) is 4.95. The van der Waals surface area contributed by atoms with E-state index < -0.39 is 30.6 Å². The van der Waals surface area contributed by atoms with E-state index in [1.54, 1.807) is 0 Å². The number of ether oxygens (including phenoxy) is 1. The number of aromatic nitrogens is 4. The highest BCUT2D eigenvalue weighted by molar-refractivity contribution is 5.81. The summed E-state index contributed by atoms with van der Waals surface area (Å²) in [6, 6.07) is 0. The van der Waals surface area contributed by atoms with Gasteiger partial charge in [-0.25, -0.2) is 15.0 Å². The fourth-order valence-electron chi connectivity index (χ4n) is 2.36. The second-order valence-electron chi connectivity index (χ2n) is 4.95. The lowest BCUT2D eigenvalue weighted by Crippen LogP contribution is -2.46. The Kier molecular flexibility index (Phi) is 2.87. The molecule has 0 radical (unpaired) electrons. The molecule has 4 atom stereocenters. The van der Waals surface area contributed by atoms with Gasteiger partial charge in [0.05, 0.1) is 12.9 Å². The van der Waals surface area contributed by atoms with Crippen molar-refractivity contribution in [2.45, 2.75) is 31.0 Å². The third kappa shape index (κ3) is 1.68. The summed E-state index contributed by atoms with van der Waals surface area (Å²) in [5.74, 6) is 0.215. The number of anilines is 1. The number of rotatable bonds is 2. The van der Waals surface area contributed by atoms with Crippen LogP contribution in [0.3, 0.4) is 0 Å². The van der Waals surface area contributed by atoms with Crippen LogP contribution in [-0.4, -0.2) is 59.3 Å². The van der Waals surface area contributed by atoms with Crippen molar-refractivity contribution in [1.82, 2.24) is 19.5 Å². The van der Waals surface area contributed by atoms with E-state index in [0.717, 1.165) is 0 Å². The van der Waals surface area contributed by atoms with Crippen LogP contribution in [0.5, 0.6) is 0 Å². The Hall–Kier alpha value is -1.81. The largest absolute Gasteiger partial charge is 0.394 e. The highest BCUT2D eigenvalue weighted by Gasteiger charge is 2.52. The lowest BCUT2D eigenvalue weighted by molar-refractivity contribution is -0.0804. The van der Waals surface area contributed by atoms with Crippen molar-refractivity contribution < 1.29 is 20.1 Å². The summed E-state index contributed by atoms with van der Waals surface area (Å²) in [5.41, 5.74) is 4.88. The van der Waals surface area contributed by atoms with E-state index in [0.29, 0.717) is 11.2 Å². The standard InChI is InChI=1S/C11H15N5O4/c1-11(19)5(2-17)20-10(7(11)18)16-4-15-6-8(12)13-3-14-9(6)16/h3-5,7,10,17-19H,2H2,1H3,(H2,12,13,14)/t5?,7?,10?,11-/m1/s1. The number of aliphatic hydroxyl groups excluding tert-OH is 2. The first kappa shape index (κ1) is 13.2. The molecule has 9 heteroatoms. The molecule has 2 aromatic heterocycles. The topological polar surface area (TPSA) is 140 Å². The van der Waals surface area contributed by atoms with Gasteiger partial charge in [0, 0.05) is 0 Å². The number of nitrogens with zero attached hydrogens (tertiary/aromatic N) is 4. The molecule has 0 saturated carbocycles. The summed E-state index contributed by atoms with van der Waals surface area (Å²) < 4.78 is 6.96. The highest BCUT2D eigenvalue weighted by atomic mass is 16.6. The van der Waals surface area contributed by atoms with Gasteiger partial charge in [-0.2, -0.15) is 0 Å². The number of imidazole rings is 1. The highest BCUT2D eigenvalue weighted by Crippen LogP contribution is 2.37. The molecule has 20 heavy (non-hydrogen) atoms. The number of aliphatic hydroxyl groups is 3. The Morgan fingerprint density at radius 2 is 2.20 bits per heavy atom. The average Bonchev–Trinajstić information content (AvgIpc) is 2.92. The fourth-order valence-corrected chi connectivity index (χ4v) is 2.36. The van der Waals surface area contributed by atoms with Gasteiger partial charge in [0.1, 0.15) is 29.7 Å². The van der Waals surface area contributed by atoms with E-state index >= 15 is 0 Å². The second kappa shape index (κ2) is 4.35. The molecule has 0 bridgehead atoms. The number of fused-ring (bicyclic) bond motifs is 1. The van der Waals surface area contributed by atoms with Gasteiger partial charge >= 0.3 is 0 Å². The zero-order valence-electron chi connectivity index (χ0n) is 10.7. The number of hydrogen-bond donors (Lipinski definition) is 4. The summed E-state index contributed by atoms with van der Waals surface area (Å²) in [5, 5.41) is 29.6. The molecule has 0 aliphatic carbocycles. The molecule has 0 amide bonds. The van der Waals surface area contributed by atoms with E-state index in [2.05, 4.69) is 15.0 Å². The molecule has 3 heterocycles. The molecule has 1 aliphatic rings. The molecule has 2 aromatic rings. The molecule has 3 rings (SSSR count). The van der Waals surface area contributed by atoms with Crippen molar-refractivity contribution in [3.63, 3.8) is 0 Å². The molecular weight excluding hydrogens is 266 g/mol. The summed E-state index contributed by atoms with van der Waals surface area (Å²) in [6.45, 7) is 0.991. The van der Waals surface area contributed by atoms with Crippen molar-refractivity contribution in [1.29, 1.82) is 0 Å². The van der Waals surface area contributed by atoms with Crippen LogP contribution in [0.2, 0.25) is 0 Å². The summed E-state index contributed by atoms with van der Waals surface area (Å²) in [7, 11) is 0. The van der Waals surface area contributed by atoms with Crippen LogP contribution in [0, 0.1) is 0 Å². The summed E-state index contributed by atoms with van der Waals surface area (Å²) >= 11 is 0. The van der Waals surface area contributed by atoms with Crippen LogP contribution in [0.15, 0.2) is 12.7 Å². The summed E-state index contributed by atoms with van der Waals surface area (Å²) in [6.07, 6.45) is -0.382. The van der Waals surface area contributed by atoms with Gasteiger partial charge in [-0.15, -0.1) is 0 Å². The van der Waals surface area contributed by atoms with Gasteiger partial charge in [-0.3, -0.25) is 4.57 Å². The van der Waals surface area contributed by atoms with Crippen LogP contribution in [0.1, 0.15) is 13.2 Å². The summed E-state index contributed by atoms with van der Waals surface area (Å²) in [4.78, 5) is 12.0. The maximum atomic E-state index is 10.2. The zero-order chi connectivity index (χ0) is 14.5. The van der Waals surface area contributed by atoms with Crippen molar-refractivity contribution in [3.05, 3.63) is 12.7 Å². The monoisotopic (exact) mass is 281 g/mol. The first-order chi connectivity index (χ1) is 9.46. The fraction of sp³-hybridized carbons (Fsp3) is 0.545. The molecule has 1 aliphatic heterocycles. The minimum atomic E-state index is -1.57. The quantitative estimate of drug-likeness (QED) is 0.516. The molecule has 0 aromatic carbocycles. The maximum Gasteiger partial charge on any atom is 0.167 e. The van der Waals surface area contributed by atoms with Crippen LogP contribution in [0.25, 0.3) is 11.2 Å². The normalized spacial score (nSPS) is 33.9. The Labute approximate surface area is 113 Å². The lowest BCUT2D eigenvalue weighted by atomic mass is 9.95. The van der Waals surface area contributed by atoms with E-state index in [1.165, 1.54) is 24.1 Å². The molecule has 108 valence electrons. The van der Waals surface area contributed by atoms with Crippen molar-refractivity contribution in [2.24, 2.45) is 0 Å².